The van der Waals surface area contributed by atoms with Gasteiger partial charge in [0.15, 0.2) is 6.29 Å². The van der Waals surface area contributed by atoms with Crippen molar-refractivity contribution in [1.82, 2.24) is 0 Å². The summed E-state index contributed by atoms with van der Waals surface area (Å²) in [4.78, 5) is 15.3. The number of carbonyl (C=O) groups excluding carboxylic acids is 1. The molecular formula is C15H18N2O. The average Bonchev–Trinajstić information content (AvgIpc) is 2.35. The minimum atomic E-state index is 0.724. The number of nitrogens with zero attached hydrogens (tertiary/aromatic N) is 2. The average molecular weight is 242 g/mol. The number of rotatable bonds is 3. The monoisotopic (exact) mass is 242 g/mol. The third kappa shape index (κ3) is 1.92. The lowest BCUT2D eigenvalue weighted by Crippen LogP contribution is -2.15. The second-order valence-electron chi connectivity index (χ2n) is 4.79. The summed E-state index contributed by atoms with van der Waals surface area (Å²) >= 11 is 0. The maximum absolute atomic E-state index is 11.2. The van der Waals surface area contributed by atoms with Crippen LogP contribution < -0.4 is 9.80 Å². The van der Waals surface area contributed by atoms with Gasteiger partial charge in [-0.05, 0) is 17.5 Å². The van der Waals surface area contributed by atoms with Crippen LogP contribution in [0, 0.1) is 0 Å². The van der Waals surface area contributed by atoms with Crippen molar-refractivity contribution < 1.29 is 4.79 Å². The van der Waals surface area contributed by atoms with Crippen LogP contribution in [0.25, 0.3) is 10.8 Å². The summed E-state index contributed by atoms with van der Waals surface area (Å²) in [5.41, 5.74) is 2.83. The normalized spacial score (nSPS) is 10.4. The van der Waals surface area contributed by atoms with E-state index in [0.29, 0.717) is 0 Å². The largest absolute Gasteiger partial charge is 0.377 e. The Kier molecular flexibility index (Phi) is 3.24. The fraction of sp³-hybridized carbons (Fsp3) is 0.267. The molecule has 0 spiro atoms. The number of hydrogen-bond donors (Lipinski definition) is 0. The molecule has 0 bridgehead atoms. The molecule has 0 aromatic heterocycles. The van der Waals surface area contributed by atoms with E-state index in [1.54, 1.807) is 0 Å². The Morgan fingerprint density at radius 1 is 0.944 bits per heavy atom. The maximum atomic E-state index is 11.2. The summed E-state index contributed by atoms with van der Waals surface area (Å²) in [7, 11) is 7.96. The smallest absolute Gasteiger partial charge is 0.152 e. The molecule has 0 unspecified atom stereocenters. The molecular weight excluding hydrogens is 224 g/mol. The molecule has 0 aliphatic carbocycles. The SMILES string of the molecule is CN(C)c1cccc2ccc(C=O)c(N(C)C)c12. The Morgan fingerprint density at radius 2 is 1.67 bits per heavy atom. The summed E-state index contributed by atoms with van der Waals surface area (Å²) in [6, 6.07) is 10.1. The van der Waals surface area contributed by atoms with Crippen LogP contribution in [0.15, 0.2) is 30.3 Å². The van der Waals surface area contributed by atoms with Gasteiger partial charge in [0.05, 0.1) is 5.69 Å². The van der Waals surface area contributed by atoms with Gasteiger partial charge in [-0.15, -0.1) is 0 Å². The standard InChI is InChI=1S/C15H18N2O/c1-16(2)13-7-5-6-11-8-9-12(10-18)15(14(11)13)17(3)4/h5-10H,1-4H3. The summed E-state index contributed by atoms with van der Waals surface area (Å²) < 4.78 is 0. The topological polar surface area (TPSA) is 23.6 Å². The number of aldehydes is 1. The highest BCUT2D eigenvalue weighted by atomic mass is 16.1. The summed E-state index contributed by atoms with van der Waals surface area (Å²) in [5.74, 6) is 0. The molecule has 0 heterocycles. The Balaban J connectivity index is 2.92. The zero-order valence-corrected chi connectivity index (χ0v) is 11.3. The van der Waals surface area contributed by atoms with E-state index in [1.807, 2.05) is 51.3 Å². The molecule has 0 saturated carbocycles. The van der Waals surface area contributed by atoms with Crippen molar-refractivity contribution in [1.29, 1.82) is 0 Å². The lowest BCUT2D eigenvalue weighted by molar-refractivity contribution is 0.112. The summed E-state index contributed by atoms with van der Waals surface area (Å²) in [5, 5.41) is 2.27. The van der Waals surface area contributed by atoms with E-state index in [0.717, 1.165) is 34.0 Å². The fourth-order valence-electron chi connectivity index (χ4n) is 2.31. The first-order valence-electron chi connectivity index (χ1n) is 5.92. The zero-order chi connectivity index (χ0) is 13.3. The van der Waals surface area contributed by atoms with E-state index in [4.69, 9.17) is 0 Å². The summed E-state index contributed by atoms with van der Waals surface area (Å²) in [6.45, 7) is 0. The Labute approximate surface area is 108 Å². The van der Waals surface area contributed by atoms with Gasteiger partial charge in [0.1, 0.15) is 0 Å². The van der Waals surface area contributed by atoms with Crippen molar-refractivity contribution in [3.63, 3.8) is 0 Å². The first-order chi connectivity index (χ1) is 8.56. The Hall–Kier alpha value is -2.03. The highest BCUT2D eigenvalue weighted by Gasteiger charge is 2.13. The van der Waals surface area contributed by atoms with Crippen molar-refractivity contribution >= 4 is 28.4 Å². The molecule has 18 heavy (non-hydrogen) atoms. The second kappa shape index (κ2) is 4.69. The van der Waals surface area contributed by atoms with Crippen molar-refractivity contribution in [3.8, 4) is 0 Å². The van der Waals surface area contributed by atoms with E-state index in [1.165, 1.54) is 0 Å². The maximum Gasteiger partial charge on any atom is 0.152 e. The molecule has 0 fully saturated rings. The third-order valence-electron chi connectivity index (χ3n) is 3.08. The van der Waals surface area contributed by atoms with E-state index in [-0.39, 0.29) is 0 Å². The first kappa shape index (κ1) is 12.4. The van der Waals surface area contributed by atoms with Gasteiger partial charge in [-0.25, -0.2) is 0 Å². The lowest BCUT2D eigenvalue weighted by Gasteiger charge is -2.23. The predicted molar refractivity (Wildman–Crippen MR) is 78.0 cm³/mol. The molecule has 0 amide bonds. The molecule has 0 N–H and O–H groups in total. The number of carbonyl (C=O) groups is 1. The van der Waals surface area contributed by atoms with E-state index in [2.05, 4.69) is 17.0 Å². The number of hydrogen-bond acceptors (Lipinski definition) is 3. The number of anilines is 2. The highest BCUT2D eigenvalue weighted by molar-refractivity contribution is 6.08. The van der Waals surface area contributed by atoms with Crippen molar-refractivity contribution in [3.05, 3.63) is 35.9 Å². The van der Waals surface area contributed by atoms with Crippen LogP contribution >= 0.6 is 0 Å². The predicted octanol–water partition coefficient (Wildman–Crippen LogP) is 2.78. The van der Waals surface area contributed by atoms with Gasteiger partial charge in [0.2, 0.25) is 0 Å². The molecule has 2 rings (SSSR count). The molecule has 0 radical (unpaired) electrons. The van der Waals surface area contributed by atoms with Gasteiger partial charge < -0.3 is 9.80 Å². The van der Waals surface area contributed by atoms with Crippen LogP contribution in [0.1, 0.15) is 10.4 Å². The molecule has 3 heteroatoms. The minimum Gasteiger partial charge on any atom is -0.377 e. The van der Waals surface area contributed by atoms with Crippen LogP contribution in [-0.4, -0.2) is 34.5 Å². The Morgan fingerprint density at radius 3 is 2.22 bits per heavy atom. The number of fused-ring (bicyclic) bond motifs is 1. The highest BCUT2D eigenvalue weighted by Crippen LogP contribution is 2.35. The molecule has 0 saturated heterocycles. The quantitative estimate of drug-likeness (QED) is 0.773. The van der Waals surface area contributed by atoms with Crippen molar-refractivity contribution in [2.24, 2.45) is 0 Å². The van der Waals surface area contributed by atoms with Crippen molar-refractivity contribution in [2.45, 2.75) is 0 Å². The van der Waals surface area contributed by atoms with Gasteiger partial charge in [-0.2, -0.15) is 0 Å². The van der Waals surface area contributed by atoms with Gasteiger partial charge in [-0.3, -0.25) is 4.79 Å². The fourth-order valence-corrected chi connectivity index (χ4v) is 2.31. The minimum absolute atomic E-state index is 0.724. The molecule has 2 aromatic carbocycles. The Bertz CT molecular complexity index is 588. The molecule has 0 atom stereocenters. The van der Waals surface area contributed by atoms with Gasteiger partial charge in [0, 0.05) is 44.8 Å². The van der Waals surface area contributed by atoms with Crippen molar-refractivity contribution in [2.75, 3.05) is 38.0 Å². The van der Waals surface area contributed by atoms with Gasteiger partial charge >= 0.3 is 0 Å². The van der Waals surface area contributed by atoms with Crippen LogP contribution in [-0.2, 0) is 0 Å². The first-order valence-corrected chi connectivity index (χ1v) is 5.92. The third-order valence-corrected chi connectivity index (χ3v) is 3.08. The van der Waals surface area contributed by atoms with Crippen LogP contribution in [0.5, 0.6) is 0 Å². The van der Waals surface area contributed by atoms with Crippen LogP contribution in [0.4, 0.5) is 11.4 Å². The molecule has 0 aliphatic heterocycles. The van der Waals surface area contributed by atoms with E-state index < -0.39 is 0 Å². The van der Waals surface area contributed by atoms with Gasteiger partial charge in [0.25, 0.3) is 0 Å². The molecule has 2 aromatic rings. The van der Waals surface area contributed by atoms with E-state index >= 15 is 0 Å². The molecule has 0 aliphatic rings. The van der Waals surface area contributed by atoms with Gasteiger partial charge in [-0.1, -0.05) is 18.2 Å². The summed E-state index contributed by atoms with van der Waals surface area (Å²) in [6.07, 6.45) is 0.918. The van der Waals surface area contributed by atoms with E-state index in [9.17, 15) is 4.79 Å². The lowest BCUT2D eigenvalue weighted by atomic mass is 10.0. The van der Waals surface area contributed by atoms with Crippen LogP contribution in [0.3, 0.4) is 0 Å². The number of benzene rings is 2. The second-order valence-corrected chi connectivity index (χ2v) is 4.79. The zero-order valence-electron chi connectivity index (χ0n) is 11.3. The van der Waals surface area contributed by atoms with Crippen LogP contribution in [0.2, 0.25) is 0 Å². The molecule has 3 nitrogen and oxygen atoms in total. The molecule has 94 valence electrons.